The van der Waals surface area contributed by atoms with E-state index in [1.54, 1.807) is 0 Å². The zero-order valence-electron chi connectivity index (χ0n) is 19.0. The van der Waals surface area contributed by atoms with Crippen molar-refractivity contribution >= 4 is 55.6 Å². The van der Waals surface area contributed by atoms with Gasteiger partial charge in [-0.05, 0) is 48.1 Å². The molecular weight excluding hydrogens is 518 g/mol. The average Bonchev–Trinajstić information content (AvgIpc) is 3.42. The summed E-state index contributed by atoms with van der Waals surface area (Å²) < 4.78 is 5.99. The van der Waals surface area contributed by atoms with Gasteiger partial charge in [-0.15, -0.1) is 0 Å². The van der Waals surface area contributed by atoms with Crippen LogP contribution < -0.4 is 5.32 Å². The number of benzene rings is 2. The minimum absolute atomic E-state index is 0.0283. The number of nitrogens with zero attached hydrogens (tertiary/aromatic N) is 1. The van der Waals surface area contributed by atoms with Gasteiger partial charge < -0.3 is 10.1 Å². The highest BCUT2D eigenvalue weighted by Gasteiger charge is 2.36. The van der Waals surface area contributed by atoms with Crippen LogP contribution in [0.4, 0.5) is 0 Å². The highest BCUT2D eigenvalue weighted by atomic mass is 79.9. The molecule has 3 atom stereocenters. The molecule has 178 valence electrons. The Bertz CT molecular complexity index is 1230. The van der Waals surface area contributed by atoms with Gasteiger partial charge in [-0.2, -0.15) is 5.10 Å². The highest BCUT2D eigenvalue weighted by Crippen LogP contribution is 2.41. The van der Waals surface area contributed by atoms with Gasteiger partial charge in [-0.1, -0.05) is 52.0 Å². The summed E-state index contributed by atoms with van der Waals surface area (Å²) in [6, 6.07) is 12.8. The Morgan fingerprint density at radius 3 is 2.82 bits per heavy atom. The lowest BCUT2D eigenvalue weighted by molar-refractivity contribution is -0.145. The Labute approximate surface area is 210 Å². The molecule has 1 amide bonds. The normalized spacial score (nSPS) is 16.6. The molecule has 0 aliphatic heterocycles. The molecule has 0 spiro atoms. The van der Waals surface area contributed by atoms with Crippen molar-refractivity contribution in [1.29, 1.82) is 0 Å². The van der Waals surface area contributed by atoms with Crippen molar-refractivity contribution in [3.05, 3.63) is 63.8 Å². The summed E-state index contributed by atoms with van der Waals surface area (Å²) in [5, 5.41) is 11.1. The Morgan fingerprint density at radius 1 is 1.26 bits per heavy atom. The van der Waals surface area contributed by atoms with E-state index in [0.717, 1.165) is 45.5 Å². The summed E-state index contributed by atoms with van der Waals surface area (Å²) in [4.78, 5) is 37.9. The number of aromatic nitrogens is 2. The first-order valence-corrected chi connectivity index (χ1v) is 12.9. The van der Waals surface area contributed by atoms with Crippen LogP contribution in [-0.4, -0.2) is 46.1 Å². The number of H-pyrrole nitrogens is 1. The van der Waals surface area contributed by atoms with Crippen LogP contribution in [-0.2, 0) is 32.0 Å². The second-order valence-corrected chi connectivity index (χ2v) is 10.5. The summed E-state index contributed by atoms with van der Waals surface area (Å²) in [7, 11) is 1.30. The largest absolute Gasteiger partial charge is 0.467 e. The fourth-order valence-electron chi connectivity index (χ4n) is 4.60. The highest BCUT2D eigenvalue weighted by molar-refractivity contribution is 9.10. The number of carbonyl (C=O) groups is 3. The summed E-state index contributed by atoms with van der Waals surface area (Å²) >= 11 is 4.65. The van der Waals surface area contributed by atoms with E-state index in [9.17, 15) is 14.4 Å². The quantitative estimate of drug-likeness (QED) is 0.414. The minimum atomic E-state index is -0.889. The monoisotopic (exact) mass is 543 g/mol. The van der Waals surface area contributed by atoms with Crippen molar-refractivity contribution in [3.8, 4) is 0 Å². The summed E-state index contributed by atoms with van der Waals surface area (Å²) in [5.74, 6) is -0.932. The van der Waals surface area contributed by atoms with E-state index in [1.165, 1.54) is 19.6 Å². The molecule has 1 aliphatic rings. The van der Waals surface area contributed by atoms with Gasteiger partial charge in [0.1, 0.15) is 6.04 Å². The number of fused-ring (bicyclic) bond motifs is 2. The smallest absolute Gasteiger partial charge is 0.328 e. The Hall–Kier alpha value is -2.65. The number of thioether (sulfide) groups is 1. The fraction of sp³-hybridized carbons (Fsp3) is 0.360. The lowest BCUT2D eigenvalue weighted by Gasteiger charge is -2.25. The number of esters is 1. The van der Waals surface area contributed by atoms with Gasteiger partial charge in [0.2, 0.25) is 5.91 Å². The van der Waals surface area contributed by atoms with Gasteiger partial charge in [0, 0.05) is 29.0 Å². The van der Waals surface area contributed by atoms with Crippen molar-refractivity contribution in [2.24, 2.45) is 5.92 Å². The van der Waals surface area contributed by atoms with Gasteiger partial charge in [-0.25, -0.2) is 4.79 Å². The summed E-state index contributed by atoms with van der Waals surface area (Å²) in [6.45, 7) is 1.50. The van der Waals surface area contributed by atoms with Crippen molar-refractivity contribution in [1.82, 2.24) is 15.5 Å². The molecule has 7 nitrogen and oxygen atoms in total. The second-order valence-electron chi connectivity index (χ2n) is 8.40. The SMILES string of the molecule is COC(=O)C(Cc1n[nH]c2ccccc12)NC(=O)C(CSC(C)=O)C1CCc2cc(Br)ccc21. The predicted molar refractivity (Wildman–Crippen MR) is 136 cm³/mol. The zero-order valence-corrected chi connectivity index (χ0v) is 21.4. The summed E-state index contributed by atoms with van der Waals surface area (Å²) in [5.41, 5.74) is 3.87. The first kappa shape index (κ1) is 24.5. The predicted octanol–water partition coefficient (Wildman–Crippen LogP) is 4.15. The number of rotatable bonds is 8. The van der Waals surface area contributed by atoms with Crippen molar-refractivity contribution in [3.63, 3.8) is 0 Å². The van der Waals surface area contributed by atoms with Crippen molar-refractivity contribution in [2.45, 2.75) is 38.1 Å². The number of hydrogen-bond donors (Lipinski definition) is 2. The van der Waals surface area contributed by atoms with Crippen LogP contribution in [0.3, 0.4) is 0 Å². The molecule has 34 heavy (non-hydrogen) atoms. The lowest BCUT2D eigenvalue weighted by atomic mass is 9.87. The van der Waals surface area contributed by atoms with Crippen molar-refractivity contribution < 1.29 is 19.1 Å². The molecule has 1 aliphatic carbocycles. The molecule has 4 rings (SSSR count). The Morgan fingerprint density at radius 2 is 2.06 bits per heavy atom. The van der Waals surface area contributed by atoms with Crippen LogP contribution in [0.1, 0.15) is 36.1 Å². The van der Waals surface area contributed by atoms with E-state index in [-0.39, 0.29) is 23.4 Å². The Kier molecular flexibility index (Phi) is 7.73. The van der Waals surface area contributed by atoms with Gasteiger partial charge in [-0.3, -0.25) is 14.7 Å². The van der Waals surface area contributed by atoms with E-state index in [0.29, 0.717) is 11.4 Å². The number of aryl methyl sites for hydroxylation is 1. The van der Waals surface area contributed by atoms with Gasteiger partial charge in [0.25, 0.3) is 0 Å². The third-order valence-corrected chi connectivity index (χ3v) is 7.69. The second kappa shape index (κ2) is 10.7. The maximum absolute atomic E-state index is 13.6. The third-order valence-electron chi connectivity index (χ3n) is 6.27. The number of halogens is 1. The van der Waals surface area contributed by atoms with Crippen LogP contribution in [0.15, 0.2) is 46.9 Å². The van der Waals surface area contributed by atoms with Crippen LogP contribution in [0, 0.1) is 5.92 Å². The number of aromatic amines is 1. The van der Waals surface area contributed by atoms with E-state index in [2.05, 4.69) is 37.5 Å². The molecule has 1 aromatic heterocycles. The van der Waals surface area contributed by atoms with Crippen LogP contribution in [0.5, 0.6) is 0 Å². The molecular formula is C25H26BrN3O4S. The maximum atomic E-state index is 13.6. The number of methoxy groups -OCH3 is 1. The Balaban J connectivity index is 1.58. The van der Waals surface area contributed by atoms with Crippen LogP contribution >= 0.6 is 27.7 Å². The topological polar surface area (TPSA) is 101 Å². The average molecular weight is 544 g/mol. The molecule has 0 saturated heterocycles. The van der Waals surface area contributed by atoms with E-state index in [1.807, 2.05) is 36.4 Å². The number of hydrogen-bond acceptors (Lipinski definition) is 6. The molecule has 1 heterocycles. The number of amides is 1. The zero-order chi connectivity index (χ0) is 24.2. The van der Waals surface area contributed by atoms with Crippen LogP contribution in [0.2, 0.25) is 0 Å². The van der Waals surface area contributed by atoms with E-state index >= 15 is 0 Å². The fourth-order valence-corrected chi connectivity index (χ4v) is 5.81. The van der Waals surface area contributed by atoms with E-state index < -0.39 is 17.9 Å². The van der Waals surface area contributed by atoms with Crippen molar-refractivity contribution in [2.75, 3.05) is 12.9 Å². The number of carbonyl (C=O) groups excluding carboxylic acids is 3. The summed E-state index contributed by atoms with van der Waals surface area (Å²) in [6.07, 6.45) is 1.88. The third kappa shape index (κ3) is 5.36. The molecule has 9 heteroatoms. The van der Waals surface area contributed by atoms with Gasteiger partial charge >= 0.3 is 5.97 Å². The first-order chi connectivity index (χ1) is 16.4. The number of ether oxygens (including phenoxy) is 1. The first-order valence-electron chi connectivity index (χ1n) is 11.1. The molecule has 0 bridgehead atoms. The van der Waals surface area contributed by atoms with E-state index in [4.69, 9.17) is 4.74 Å². The molecule has 2 N–H and O–H groups in total. The number of para-hydroxylation sites is 1. The molecule has 0 radical (unpaired) electrons. The molecule has 0 saturated carbocycles. The maximum Gasteiger partial charge on any atom is 0.328 e. The van der Waals surface area contributed by atoms with Gasteiger partial charge in [0.05, 0.1) is 24.2 Å². The lowest BCUT2D eigenvalue weighted by Crippen LogP contribution is -2.47. The molecule has 2 aromatic carbocycles. The minimum Gasteiger partial charge on any atom is -0.467 e. The molecule has 3 unspecified atom stereocenters. The molecule has 3 aromatic rings. The van der Waals surface area contributed by atoms with Gasteiger partial charge in [0.15, 0.2) is 5.12 Å². The molecule has 0 fully saturated rings. The number of nitrogens with one attached hydrogen (secondary N) is 2. The van der Waals surface area contributed by atoms with Crippen LogP contribution in [0.25, 0.3) is 10.9 Å². The standard InChI is InChI=1S/C25H26BrN3O4S/c1-14(30)34-13-20(18-9-7-15-11-16(26)8-10-17(15)18)24(31)27-23(25(32)33-2)12-22-19-5-3-4-6-21(19)28-29-22/h3-6,8,10-11,18,20,23H,7,9,12-13H2,1-2H3,(H,27,31)(H,28,29).